The minimum absolute atomic E-state index is 0.416. The molecule has 2 fully saturated rings. The van der Waals surface area contributed by atoms with Gasteiger partial charge in [0.2, 0.25) is 0 Å². The molecule has 3 aliphatic carbocycles. The molecule has 0 amide bonds. The van der Waals surface area contributed by atoms with Crippen molar-refractivity contribution in [1.82, 2.24) is 0 Å². The van der Waals surface area contributed by atoms with E-state index in [1.807, 2.05) is 0 Å². The van der Waals surface area contributed by atoms with Gasteiger partial charge in [-0.3, -0.25) is 4.79 Å². The molecule has 2 saturated carbocycles. The summed E-state index contributed by atoms with van der Waals surface area (Å²) in [6.45, 7) is 0. The summed E-state index contributed by atoms with van der Waals surface area (Å²) >= 11 is 0. The van der Waals surface area contributed by atoms with Crippen LogP contribution in [-0.2, 0) is 4.79 Å². The van der Waals surface area contributed by atoms with Gasteiger partial charge in [0, 0.05) is 11.8 Å². The number of rotatable bonds is 0. The molecule has 0 N–H and O–H groups in total. The summed E-state index contributed by atoms with van der Waals surface area (Å²) in [7, 11) is 0. The number of hydrogen-bond acceptors (Lipinski definition) is 1. The molecule has 0 aromatic heterocycles. The highest BCUT2D eigenvalue weighted by Gasteiger charge is 2.46. The van der Waals surface area contributed by atoms with Crippen molar-refractivity contribution in [3.05, 3.63) is 12.2 Å². The molecule has 0 aliphatic heterocycles. The first kappa shape index (κ1) is 6.88. The zero-order chi connectivity index (χ0) is 8.13. The molecule has 1 heteroatoms. The van der Waals surface area contributed by atoms with E-state index in [4.69, 9.17) is 0 Å². The van der Waals surface area contributed by atoms with E-state index in [0.717, 1.165) is 12.8 Å². The Labute approximate surface area is 72.8 Å². The van der Waals surface area contributed by atoms with Crippen LogP contribution in [0.4, 0.5) is 0 Å². The number of allylic oxidation sites excluding steroid dienone is 2. The standard InChI is InChI=1S/C11H14O/c12-11-9-2-1-3-10(11)8-5-4-7(9)6-8/h4-5,7-10H,1-3,6H2. The molecule has 4 atom stereocenters. The number of fused-ring (bicyclic) bond motifs is 6. The molecule has 3 aliphatic rings. The predicted molar refractivity (Wildman–Crippen MR) is 46.6 cm³/mol. The van der Waals surface area contributed by atoms with Gasteiger partial charge in [-0.2, -0.15) is 0 Å². The Morgan fingerprint density at radius 2 is 1.67 bits per heavy atom. The molecule has 0 aromatic carbocycles. The molecule has 12 heavy (non-hydrogen) atoms. The molecular formula is C11H14O. The summed E-state index contributed by atoms with van der Waals surface area (Å²) in [5, 5.41) is 0. The Kier molecular flexibility index (Phi) is 1.27. The Morgan fingerprint density at radius 3 is 2.25 bits per heavy atom. The van der Waals surface area contributed by atoms with Crippen molar-refractivity contribution in [2.75, 3.05) is 0 Å². The van der Waals surface area contributed by atoms with Crippen LogP contribution in [0.15, 0.2) is 12.2 Å². The number of carbonyl (C=O) groups is 1. The average Bonchev–Trinajstić information content (AvgIpc) is 2.47. The second kappa shape index (κ2) is 2.21. The molecule has 64 valence electrons. The van der Waals surface area contributed by atoms with Crippen LogP contribution in [-0.4, -0.2) is 5.78 Å². The van der Waals surface area contributed by atoms with Gasteiger partial charge < -0.3 is 0 Å². The van der Waals surface area contributed by atoms with Gasteiger partial charge in [0.1, 0.15) is 5.78 Å². The molecule has 4 bridgehead atoms. The fourth-order valence-corrected chi connectivity index (χ4v) is 3.32. The van der Waals surface area contributed by atoms with E-state index in [9.17, 15) is 4.79 Å². The van der Waals surface area contributed by atoms with Gasteiger partial charge in [-0.1, -0.05) is 18.6 Å². The van der Waals surface area contributed by atoms with Crippen molar-refractivity contribution >= 4 is 5.78 Å². The molecule has 0 aromatic rings. The second-order valence-electron chi connectivity index (χ2n) is 4.49. The maximum atomic E-state index is 11.8. The van der Waals surface area contributed by atoms with Crippen molar-refractivity contribution in [2.24, 2.45) is 23.7 Å². The predicted octanol–water partition coefficient (Wildman–Crippen LogP) is 2.18. The topological polar surface area (TPSA) is 17.1 Å². The van der Waals surface area contributed by atoms with E-state index in [2.05, 4.69) is 12.2 Å². The molecule has 3 rings (SSSR count). The first-order valence-electron chi connectivity index (χ1n) is 5.08. The first-order valence-corrected chi connectivity index (χ1v) is 5.08. The van der Waals surface area contributed by atoms with Crippen LogP contribution in [0.5, 0.6) is 0 Å². The van der Waals surface area contributed by atoms with Crippen molar-refractivity contribution in [1.29, 1.82) is 0 Å². The van der Waals surface area contributed by atoms with Crippen LogP contribution < -0.4 is 0 Å². The maximum absolute atomic E-state index is 11.8. The highest BCUT2D eigenvalue weighted by molar-refractivity contribution is 5.86. The third kappa shape index (κ3) is 0.720. The Morgan fingerprint density at radius 1 is 1.08 bits per heavy atom. The molecular weight excluding hydrogens is 148 g/mol. The van der Waals surface area contributed by atoms with E-state index < -0.39 is 0 Å². The summed E-state index contributed by atoms with van der Waals surface area (Å²) in [6, 6.07) is 0. The SMILES string of the molecule is O=C1C2CCCC1C1C=CC2C1. The van der Waals surface area contributed by atoms with E-state index in [0.29, 0.717) is 29.5 Å². The number of Topliss-reactive ketones (excluding diaryl/α,β-unsaturated/α-hetero) is 1. The summed E-state index contributed by atoms with van der Waals surface area (Å²) in [4.78, 5) is 11.8. The van der Waals surface area contributed by atoms with E-state index in [1.54, 1.807) is 0 Å². The highest BCUT2D eigenvalue weighted by Crippen LogP contribution is 2.48. The number of carbonyl (C=O) groups excluding carboxylic acids is 1. The minimum atomic E-state index is 0.416. The molecule has 0 spiro atoms. The summed E-state index contributed by atoms with van der Waals surface area (Å²) < 4.78 is 0. The lowest BCUT2D eigenvalue weighted by Gasteiger charge is -2.38. The lowest BCUT2D eigenvalue weighted by Crippen LogP contribution is -2.39. The van der Waals surface area contributed by atoms with Gasteiger partial charge in [-0.25, -0.2) is 0 Å². The van der Waals surface area contributed by atoms with E-state index in [-0.39, 0.29) is 0 Å². The second-order valence-corrected chi connectivity index (χ2v) is 4.49. The van der Waals surface area contributed by atoms with Crippen LogP contribution in [0.2, 0.25) is 0 Å². The molecule has 0 saturated heterocycles. The lowest BCUT2D eigenvalue weighted by atomic mass is 9.65. The zero-order valence-electron chi connectivity index (χ0n) is 7.20. The Hall–Kier alpha value is -0.590. The van der Waals surface area contributed by atoms with Crippen molar-refractivity contribution in [3.8, 4) is 0 Å². The number of ketones is 1. The summed E-state index contributed by atoms with van der Waals surface area (Å²) in [5.74, 6) is 2.67. The monoisotopic (exact) mass is 162 g/mol. The van der Waals surface area contributed by atoms with Crippen LogP contribution in [0.1, 0.15) is 25.7 Å². The van der Waals surface area contributed by atoms with Crippen LogP contribution in [0.3, 0.4) is 0 Å². The van der Waals surface area contributed by atoms with Crippen molar-refractivity contribution < 1.29 is 4.79 Å². The van der Waals surface area contributed by atoms with Gasteiger partial charge in [0.25, 0.3) is 0 Å². The fourth-order valence-electron chi connectivity index (χ4n) is 3.32. The van der Waals surface area contributed by atoms with Crippen molar-refractivity contribution in [2.45, 2.75) is 25.7 Å². The molecule has 0 heterocycles. The Bertz CT molecular complexity index is 232. The van der Waals surface area contributed by atoms with E-state index in [1.165, 1.54) is 12.8 Å². The molecule has 1 nitrogen and oxygen atoms in total. The lowest BCUT2D eigenvalue weighted by molar-refractivity contribution is -0.134. The quantitative estimate of drug-likeness (QED) is 0.499. The zero-order valence-corrected chi connectivity index (χ0v) is 7.20. The van der Waals surface area contributed by atoms with Crippen LogP contribution in [0, 0.1) is 23.7 Å². The van der Waals surface area contributed by atoms with Gasteiger partial charge >= 0.3 is 0 Å². The largest absolute Gasteiger partial charge is 0.299 e. The first-order chi connectivity index (χ1) is 5.86. The van der Waals surface area contributed by atoms with Gasteiger partial charge in [0.05, 0.1) is 0 Å². The van der Waals surface area contributed by atoms with Crippen molar-refractivity contribution in [3.63, 3.8) is 0 Å². The van der Waals surface area contributed by atoms with Crippen LogP contribution >= 0.6 is 0 Å². The summed E-state index contributed by atoms with van der Waals surface area (Å²) in [5.41, 5.74) is 0. The highest BCUT2D eigenvalue weighted by atomic mass is 16.1. The van der Waals surface area contributed by atoms with Crippen LogP contribution in [0.25, 0.3) is 0 Å². The molecule has 4 unspecified atom stereocenters. The normalized spacial score (nSPS) is 49.8. The molecule has 0 radical (unpaired) electrons. The fraction of sp³-hybridized carbons (Fsp3) is 0.727. The Balaban J connectivity index is 2.02. The van der Waals surface area contributed by atoms with Gasteiger partial charge in [-0.15, -0.1) is 0 Å². The average molecular weight is 162 g/mol. The van der Waals surface area contributed by atoms with E-state index >= 15 is 0 Å². The number of hydrogen-bond donors (Lipinski definition) is 0. The smallest absolute Gasteiger partial charge is 0.140 e. The summed E-state index contributed by atoms with van der Waals surface area (Å²) in [6.07, 6.45) is 9.50. The third-order valence-electron chi connectivity index (χ3n) is 3.94. The van der Waals surface area contributed by atoms with Gasteiger partial charge in [-0.05, 0) is 31.1 Å². The maximum Gasteiger partial charge on any atom is 0.140 e. The minimum Gasteiger partial charge on any atom is -0.299 e. The third-order valence-corrected chi connectivity index (χ3v) is 3.94. The van der Waals surface area contributed by atoms with Gasteiger partial charge in [0.15, 0.2) is 0 Å².